The molecule has 0 saturated heterocycles. The van der Waals surface area contributed by atoms with Gasteiger partial charge in [0.05, 0.1) is 28.1 Å². The van der Waals surface area contributed by atoms with Crippen LogP contribution in [0.25, 0.3) is 115 Å². The van der Waals surface area contributed by atoms with Gasteiger partial charge in [0.1, 0.15) is 11.2 Å². The van der Waals surface area contributed by atoms with E-state index >= 15 is 0 Å². The summed E-state index contributed by atoms with van der Waals surface area (Å²) in [6, 6.07) is 78.9. The summed E-state index contributed by atoms with van der Waals surface area (Å²) >= 11 is 0. The first kappa shape index (κ1) is 35.6. The molecule has 0 bridgehead atoms. The number of para-hydroxylation sites is 4. The van der Waals surface area contributed by atoms with Crippen molar-refractivity contribution in [1.82, 2.24) is 4.57 Å². The summed E-state index contributed by atoms with van der Waals surface area (Å²) in [5, 5.41) is 14.5. The number of hydrogen-bond donors (Lipinski definition) is 0. The van der Waals surface area contributed by atoms with Gasteiger partial charge in [-0.15, -0.1) is 0 Å². The molecule has 4 nitrogen and oxygen atoms in total. The Morgan fingerprint density at radius 2 is 0.985 bits per heavy atom. The van der Waals surface area contributed by atoms with Gasteiger partial charge in [0.15, 0.2) is 11.5 Å². The Labute approximate surface area is 378 Å². The first-order chi connectivity index (χ1) is 32.7. The number of aromatic nitrogens is 1. The monoisotopic (exact) mass is 840 g/mol. The fourth-order valence-electron chi connectivity index (χ4n) is 11.2. The van der Waals surface area contributed by atoms with Gasteiger partial charge in [-0.1, -0.05) is 152 Å². The molecule has 1 aliphatic heterocycles. The number of nitrogens with zero attached hydrogens (tertiary/aromatic N) is 2. The van der Waals surface area contributed by atoms with Gasteiger partial charge < -0.3 is 18.6 Å². The van der Waals surface area contributed by atoms with Crippen LogP contribution in [-0.4, -0.2) is 4.57 Å². The van der Waals surface area contributed by atoms with Crippen molar-refractivity contribution in [2.75, 3.05) is 4.90 Å². The van der Waals surface area contributed by atoms with Gasteiger partial charge >= 0.3 is 0 Å². The van der Waals surface area contributed by atoms with Crippen LogP contribution >= 0.6 is 0 Å². The summed E-state index contributed by atoms with van der Waals surface area (Å²) in [7, 11) is 0. The number of fused-ring (bicyclic) bond motifs is 11. The van der Waals surface area contributed by atoms with Gasteiger partial charge in [-0.3, -0.25) is 0 Å². The van der Waals surface area contributed by atoms with Crippen molar-refractivity contribution >= 4 is 104 Å². The summed E-state index contributed by atoms with van der Waals surface area (Å²) in [6.45, 7) is 0. The normalized spacial score (nSPS) is 12.6. The average molecular weight is 841 g/mol. The first-order valence-corrected chi connectivity index (χ1v) is 22.6. The zero-order valence-corrected chi connectivity index (χ0v) is 35.5. The number of benzene rings is 12. The van der Waals surface area contributed by atoms with Crippen LogP contribution in [-0.2, 0) is 0 Å². The van der Waals surface area contributed by atoms with Gasteiger partial charge in [0, 0.05) is 43.4 Å². The predicted octanol–water partition coefficient (Wildman–Crippen LogP) is 17.6. The molecule has 2 aromatic heterocycles. The molecule has 14 aromatic rings. The van der Waals surface area contributed by atoms with Crippen molar-refractivity contribution in [3.63, 3.8) is 0 Å². The second-order valence-electron chi connectivity index (χ2n) is 17.6. The Kier molecular flexibility index (Phi) is 7.19. The average Bonchev–Trinajstić information content (AvgIpc) is 3.93. The van der Waals surface area contributed by atoms with E-state index in [-0.39, 0.29) is 0 Å². The molecule has 0 radical (unpaired) electrons. The Balaban J connectivity index is 0.871. The molecule has 0 aliphatic carbocycles. The molecule has 66 heavy (non-hydrogen) atoms. The molecule has 15 rings (SSSR count). The highest BCUT2D eigenvalue weighted by molar-refractivity contribution is 6.37. The van der Waals surface area contributed by atoms with Crippen molar-refractivity contribution in [2.24, 2.45) is 0 Å². The minimum absolute atomic E-state index is 0.818. The summed E-state index contributed by atoms with van der Waals surface area (Å²) in [5.74, 6) is 1.65. The van der Waals surface area contributed by atoms with Crippen LogP contribution in [0.2, 0.25) is 0 Å². The van der Waals surface area contributed by atoms with E-state index in [1.165, 1.54) is 70.5 Å². The lowest BCUT2D eigenvalue weighted by atomic mass is 9.90. The number of rotatable bonds is 4. The molecule has 3 heterocycles. The molecule has 0 N–H and O–H groups in total. The minimum atomic E-state index is 0.818. The number of furan rings is 1. The summed E-state index contributed by atoms with van der Waals surface area (Å²) < 4.78 is 15.9. The van der Waals surface area contributed by atoms with E-state index in [1.807, 2.05) is 6.07 Å². The topological polar surface area (TPSA) is 30.5 Å². The van der Waals surface area contributed by atoms with E-state index in [4.69, 9.17) is 9.15 Å². The Morgan fingerprint density at radius 1 is 0.333 bits per heavy atom. The molecule has 306 valence electrons. The third kappa shape index (κ3) is 4.93. The van der Waals surface area contributed by atoms with Crippen LogP contribution in [0, 0.1) is 0 Å². The van der Waals surface area contributed by atoms with Crippen LogP contribution in [0.1, 0.15) is 0 Å². The first-order valence-electron chi connectivity index (χ1n) is 22.6. The highest BCUT2D eigenvalue weighted by Gasteiger charge is 2.27. The largest absolute Gasteiger partial charge is 0.455 e. The molecule has 12 aromatic carbocycles. The maximum absolute atomic E-state index is 6.74. The number of ether oxygens (including phenoxy) is 1. The molecule has 4 heteroatoms. The van der Waals surface area contributed by atoms with E-state index < -0.39 is 0 Å². The smallest absolute Gasteiger partial charge is 0.152 e. The quantitative estimate of drug-likeness (QED) is 0.165. The van der Waals surface area contributed by atoms with Crippen molar-refractivity contribution in [1.29, 1.82) is 0 Å². The molecular weight excluding hydrogens is 805 g/mol. The van der Waals surface area contributed by atoms with Gasteiger partial charge in [-0.25, -0.2) is 0 Å². The predicted molar refractivity (Wildman–Crippen MR) is 275 cm³/mol. The summed E-state index contributed by atoms with van der Waals surface area (Å²) in [4.78, 5) is 2.32. The lowest BCUT2D eigenvalue weighted by Crippen LogP contribution is -2.15. The van der Waals surface area contributed by atoms with Crippen molar-refractivity contribution in [2.45, 2.75) is 0 Å². The van der Waals surface area contributed by atoms with E-state index in [9.17, 15) is 0 Å². The maximum Gasteiger partial charge on any atom is 0.152 e. The van der Waals surface area contributed by atoms with Crippen LogP contribution < -0.4 is 9.64 Å². The summed E-state index contributed by atoms with van der Waals surface area (Å²) in [5.41, 5.74) is 13.1. The van der Waals surface area contributed by atoms with Gasteiger partial charge in [0.2, 0.25) is 0 Å². The standard InChI is InChI=1S/C62H36N2O2/c1-2-15-43-37(12-1)13-9-18-44(43)38-26-30-42(31-27-38)63-53-23-6-8-25-57(53)65-58-36-40(29-33-54(58)63)39-28-32-52-50(34-39)45-16-3-5-22-51(45)64(52)55-35-41-14-10-20-48-59(41)60-46(55)19-11-21-49(60)62-61(48)47-17-4-7-24-56(47)66-62/h1-36H. The van der Waals surface area contributed by atoms with E-state index in [0.717, 1.165) is 72.8 Å². The van der Waals surface area contributed by atoms with Crippen LogP contribution in [0.15, 0.2) is 223 Å². The lowest BCUT2D eigenvalue weighted by molar-refractivity contribution is 0.477. The molecule has 0 amide bonds. The molecule has 0 unspecified atom stereocenters. The number of hydrogen-bond acceptors (Lipinski definition) is 3. The zero-order valence-electron chi connectivity index (χ0n) is 35.5. The fourth-order valence-corrected chi connectivity index (χ4v) is 11.2. The fraction of sp³-hybridized carbons (Fsp3) is 0. The van der Waals surface area contributed by atoms with Crippen molar-refractivity contribution in [3.8, 4) is 39.4 Å². The molecule has 0 fully saturated rings. The van der Waals surface area contributed by atoms with Gasteiger partial charge in [0.25, 0.3) is 0 Å². The highest BCUT2D eigenvalue weighted by Crippen LogP contribution is 2.52. The lowest BCUT2D eigenvalue weighted by Gasteiger charge is -2.33. The Hall–Kier alpha value is -8.86. The maximum atomic E-state index is 6.74. The minimum Gasteiger partial charge on any atom is -0.455 e. The van der Waals surface area contributed by atoms with Crippen LogP contribution in [0.5, 0.6) is 11.5 Å². The van der Waals surface area contributed by atoms with Gasteiger partial charge in [-0.05, 0) is 116 Å². The third-order valence-corrected chi connectivity index (χ3v) is 14.1. The number of anilines is 3. The van der Waals surface area contributed by atoms with Crippen molar-refractivity contribution in [3.05, 3.63) is 218 Å². The molecule has 0 saturated carbocycles. The highest BCUT2D eigenvalue weighted by atomic mass is 16.5. The van der Waals surface area contributed by atoms with E-state index in [2.05, 4.69) is 222 Å². The van der Waals surface area contributed by atoms with Gasteiger partial charge in [-0.2, -0.15) is 0 Å². The van der Waals surface area contributed by atoms with Crippen LogP contribution in [0.4, 0.5) is 17.1 Å². The SMILES string of the molecule is c1ccc2c(c1)Oc1cc(-c3ccc4c(c3)c3ccccc3n4-c3cc4cccc5c6c7ccccc7oc6c6cccc3c6c45)ccc1N2c1ccc(-c2cccc3ccccc23)cc1. The van der Waals surface area contributed by atoms with Crippen LogP contribution in [0.3, 0.4) is 0 Å². The Morgan fingerprint density at radius 3 is 1.92 bits per heavy atom. The molecular formula is C62H36N2O2. The second-order valence-corrected chi connectivity index (χ2v) is 17.6. The van der Waals surface area contributed by atoms with E-state index in [1.54, 1.807) is 0 Å². The molecule has 1 aliphatic rings. The van der Waals surface area contributed by atoms with E-state index in [0.29, 0.717) is 0 Å². The zero-order chi connectivity index (χ0) is 43.0. The second kappa shape index (κ2) is 13.3. The third-order valence-electron chi connectivity index (χ3n) is 14.1. The molecule has 0 spiro atoms. The Bertz CT molecular complexity index is 4320. The molecule has 0 atom stereocenters. The summed E-state index contributed by atoms with van der Waals surface area (Å²) in [6.07, 6.45) is 0. The van der Waals surface area contributed by atoms with Crippen molar-refractivity contribution < 1.29 is 9.15 Å².